The fourth-order valence-corrected chi connectivity index (χ4v) is 3.98. The molecule has 0 aliphatic carbocycles. The van der Waals surface area contributed by atoms with Gasteiger partial charge in [-0.3, -0.25) is 4.79 Å². The van der Waals surface area contributed by atoms with E-state index in [0.29, 0.717) is 11.5 Å². The van der Waals surface area contributed by atoms with Crippen LogP contribution in [0.4, 0.5) is 11.6 Å². The van der Waals surface area contributed by atoms with Crippen molar-refractivity contribution >= 4 is 28.9 Å². The van der Waals surface area contributed by atoms with E-state index in [9.17, 15) is 4.79 Å². The van der Waals surface area contributed by atoms with Crippen LogP contribution in [0.15, 0.2) is 47.0 Å². The Balaban J connectivity index is 1.74. The van der Waals surface area contributed by atoms with E-state index in [2.05, 4.69) is 26.2 Å². The van der Waals surface area contributed by atoms with Gasteiger partial charge >= 0.3 is 0 Å². The van der Waals surface area contributed by atoms with E-state index in [4.69, 9.17) is 0 Å². The van der Waals surface area contributed by atoms with Gasteiger partial charge in [-0.05, 0) is 54.3 Å². The Labute approximate surface area is 154 Å². The maximum absolute atomic E-state index is 13.2. The van der Waals surface area contributed by atoms with E-state index < -0.39 is 0 Å². The molecule has 2 aromatic heterocycles. The first kappa shape index (κ1) is 16.5. The molecule has 1 amide bonds. The second kappa shape index (κ2) is 6.38. The minimum absolute atomic E-state index is 0.165. The van der Waals surface area contributed by atoms with Gasteiger partial charge in [-0.2, -0.15) is 4.68 Å². The molecule has 1 atom stereocenters. The summed E-state index contributed by atoms with van der Waals surface area (Å²) in [5.41, 5.74) is 4.33. The lowest BCUT2D eigenvalue weighted by atomic mass is 10.0. The highest BCUT2D eigenvalue weighted by Crippen LogP contribution is 2.36. The number of benzene rings is 1. The molecule has 0 spiro atoms. The predicted octanol–water partition coefficient (Wildman–Crippen LogP) is 3.28. The predicted molar refractivity (Wildman–Crippen MR) is 101 cm³/mol. The lowest BCUT2D eigenvalue weighted by molar-refractivity contribution is -0.113. The summed E-state index contributed by atoms with van der Waals surface area (Å²) in [6.07, 6.45) is 0. The van der Waals surface area contributed by atoms with Gasteiger partial charge in [0.15, 0.2) is 0 Å². The number of aromatic nitrogens is 4. The Morgan fingerprint density at radius 1 is 1.27 bits per heavy atom. The van der Waals surface area contributed by atoms with E-state index in [1.807, 2.05) is 56.5 Å². The van der Waals surface area contributed by atoms with Crippen LogP contribution in [0.2, 0.25) is 0 Å². The fraction of sp³-hybridized carbons (Fsp3) is 0.222. The van der Waals surface area contributed by atoms with E-state index in [1.165, 1.54) is 0 Å². The highest BCUT2D eigenvalue weighted by Gasteiger charge is 2.34. The number of hydrogen-bond donors (Lipinski definition) is 2. The lowest BCUT2D eigenvalue weighted by Crippen LogP contribution is -2.31. The molecular formula is C18H18N6OS. The molecular weight excluding hydrogens is 348 g/mol. The average molecular weight is 366 g/mol. The van der Waals surface area contributed by atoms with Crippen molar-refractivity contribution in [3.8, 4) is 0 Å². The van der Waals surface area contributed by atoms with Crippen molar-refractivity contribution in [1.29, 1.82) is 0 Å². The first-order valence-electron chi connectivity index (χ1n) is 8.22. The standard InChI is InChI=1S/C18H18N6OS/c1-10-6-7-13(11(2)9-10)20-17(25)15-12(3)19-18-21-22-23-24(18)16(15)14-5-4-8-26-14/h4-9,16H,1-3H3,(H,20,25)(H,19,21,23). The molecule has 8 heteroatoms. The van der Waals surface area contributed by atoms with E-state index >= 15 is 0 Å². The zero-order valence-electron chi connectivity index (χ0n) is 14.6. The van der Waals surface area contributed by atoms with Crippen molar-refractivity contribution < 1.29 is 4.79 Å². The molecule has 1 aliphatic rings. The summed E-state index contributed by atoms with van der Waals surface area (Å²) in [5, 5.41) is 20.0. The van der Waals surface area contributed by atoms with Crippen LogP contribution in [0.25, 0.3) is 0 Å². The molecule has 0 bridgehead atoms. The smallest absolute Gasteiger partial charge is 0.255 e. The summed E-state index contributed by atoms with van der Waals surface area (Å²) in [6.45, 7) is 5.89. The first-order valence-corrected chi connectivity index (χ1v) is 9.10. The summed E-state index contributed by atoms with van der Waals surface area (Å²) in [5.74, 6) is 0.366. The molecule has 0 saturated heterocycles. The SMILES string of the molecule is CC1=C(C(=O)Nc2ccc(C)cc2C)C(c2cccs2)n2nnnc2N1. The van der Waals surface area contributed by atoms with Crippen molar-refractivity contribution in [3.63, 3.8) is 0 Å². The third-order valence-electron chi connectivity index (χ3n) is 4.40. The topological polar surface area (TPSA) is 84.7 Å². The minimum atomic E-state index is -0.355. The second-order valence-electron chi connectivity index (χ2n) is 6.30. The summed E-state index contributed by atoms with van der Waals surface area (Å²) in [4.78, 5) is 14.2. The average Bonchev–Trinajstić information content (AvgIpc) is 3.27. The van der Waals surface area contributed by atoms with Gasteiger partial charge < -0.3 is 10.6 Å². The Kier molecular flexibility index (Phi) is 4.04. The van der Waals surface area contributed by atoms with Crippen LogP contribution in [-0.2, 0) is 4.79 Å². The van der Waals surface area contributed by atoms with Gasteiger partial charge in [0.05, 0.1) is 5.57 Å². The zero-order chi connectivity index (χ0) is 18.3. The van der Waals surface area contributed by atoms with Crippen molar-refractivity contribution in [2.75, 3.05) is 10.6 Å². The third-order valence-corrected chi connectivity index (χ3v) is 5.33. The molecule has 2 N–H and O–H groups in total. The molecule has 132 valence electrons. The number of anilines is 2. The van der Waals surface area contributed by atoms with Crippen molar-refractivity contribution in [2.45, 2.75) is 26.8 Å². The fourth-order valence-electron chi connectivity index (χ4n) is 3.16. The number of aryl methyl sites for hydroxylation is 2. The molecule has 3 heterocycles. The minimum Gasteiger partial charge on any atom is -0.326 e. The van der Waals surface area contributed by atoms with Gasteiger partial charge in [0.1, 0.15) is 6.04 Å². The molecule has 7 nitrogen and oxygen atoms in total. The number of amides is 1. The Morgan fingerprint density at radius 2 is 2.12 bits per heavy atom. The zero-order valence-corrected chi connectivity index (χ0v) is 15.5. The summed E-state index contributed by atoms with van der Waals surface area (Å²) in [6, 6.07) is 9.56. The summed E-state index contributed by atoms with van der Waals surface area (Å²) < 4.78 is 1.65. The molecule has 0 radical (unpaired) electrons. The van der Waals surface area contributed by atoms with Crippen LogP contribution in [0.5, 0.6) is 0 Å². The number of nitrogens with zero attached hydrogens (tertiary/aromatic N) is 4. The number of allylic oxidation sites excluding steroid dienone is 1. The second-order valence-corrected chi connectivity index (χ2v) is 7.28. The number of fused-ring (bicyclic) bond motifs is 1. The molecule has 1 unspecified atom stereocenters. The monoisotopic (exact) mass is 366 g/mol. The van der Waals surface area contributed by atoms with Crippen LogP contribution in [0, 0.1) is 13.8 Å². The number of nitrogens with one attached hydrogen (secondary N) is 2. The largest absolute Gasteiger partial charge is 0.326 e. The Bertz CT molecular complexity index is 1000. The van der Waals surface area contributed by atoms with Crippen LogP contribution < -0.4 is 10.6 Å². The number of carbonyl (C=O) groups is 1. The molecule has 0 saturated carbocycles. The number of rotatable bonds is 3. The molecule has 3 aromatic rings. The van der Waals surface area contributed by atoms with E-state index in [0.717, 1.165) is 27.4 Å². The van der Waals surface area contributed by atoms with Crippen LogP contribution >= 0.6 is 11.3 Å². The van der Waals surface area contributed by atoms with Crippen molar-refractivity contribution in [2.24, 2.45) is 0 Å². The number of hydrogen-bond acceptors (Lipinski definition) is 6. The molecule has 0 fully saturated rings. The van der Waals surface area contributed by atoms with Gasteiger partial charge in [0, 0.05) is 16.3 Å². The summed E-state index contributed by atoms with van der Waals surface area (Å²) >= 11 is 1.57. The van der Waals surface area contributed by atoms with Crippen molar-refractivity contribution in [1.82, 2.24) is 20.2 Å². The highest BCUT2D eigenvalue weighted by molar-refractivity contribution is 7.10. The van der Waals surface area contributed by atoms with Gasteiger partial charge in [0.2, 0.25) is 5.95 Å². The first-order chi connectivity index (χ1) is 12.5. The Morgan fingerprint density at radius 3 is 2.85 bits per heavy atom. The number of tetrazole rings is 1. The molecule has 26 heavy (non-hydrogen) atoms. The van der Waals surface area contributed by atoms with Crippen molar-refractivity contribution in [3.05, 3.63) is 63.0 Å². The van der Waals surface area contributed by atoms with Crippen LogP contribution in [0.3, 0.4) is 0 Å². The van der Waals surface area contributed by atoms with Crippen LogP contribution in [0.1, 0.15) is 29.0 Å². The number of carbonyl (C=O) groups excluding carboxylic acids is 1. The molecule has 4 rings (SSSR count). The van der Waals surface area contributed by atoms with E-state index in [-0.39, 0.29) is 11.9 Å². The summed E-state index contributed by atoms with van der Waals surface area (Å²) in [7, 11) is 0. The number of thiophene rings is 1. The maximum atomic E-state index is 13.2. The Hall–Kier alpha value is -3.00. The van der Waals surface area contributed by atoms with E-state index in [1.54, 1.807) is 16.0 Å². The highest BCUT2D eigenvalue weighted by atomic mass is 32.1. The normalized spacial score (nSPS) is 16.2. The molecule has 1 aromatic carbocycles. The lowest BCUT2D eigenvalue weighted by Gasteiger charge is -2.27. The maximum Gasteiger partial charge on any atom is 0.255 e. The van der Waals surface area contributed by atoms with Gasteiger partial charge in [0.25, 0.3) is 5.91 Å². The quantitative estimate of drug-likeness (QED) is 0.743. The van der Waals surface area contributed by atoms with Gasteiger partial charge in [-0.1, -0.05) is 28.9 Å². The third kappa shape index (κ3) is 2.78. The van der Waals surface area contributed by atoms with Crippen LogP contribution in [-0.4, -0.2) is 26.1 Å². The van der Waals surface area contributed by atoms with Gasteiger partial charge in [-0.15, -0.1) is 11.3 Å². The van der Waals surface area contributed by atoms with Gasteiger partial charge in [-0.25, -0.2) is 0 Å². The molecule has 1 aliphatic heterocycles.